The van der Waals surface area contributed by atoms with Crippen LogP contribution in [0.5, 0.6) is 5.75 Å². The van der Waals surface area contributed by atoms with Gasteiger partial charge in [0.2, 0.25) is 11.8 Å². The molecule has 26 heavy (non-hydrogen) atoms. The molecule has 2 aliphatic rings. The van der Waals surface area contributed by atoms with Crippen molar-refractivity contribution in [3.63, 3.8) is 0 Å². The van der Waals surface area contributed by atoms with Gasteiger partial charge in [0, 0.05) is 21.8 Å². The largest absolute Gasteiger partial charge is 0.440 e. The van der Waals surface area contributed by atoms with Crippen molar-refractivity contribution < 1.29 is 13.9 Å². The van der Waals surface area contributed by atoms with Gasteiger partial charge in [-0.3, -0.25) is 4.79 Å². The van der Waals surface area contributed by atoms with Gasteiger partial charge in [0.15, 0.2) is 5.41 Å². The molecule has 0 fully saturated rings. The predicted octanol–water partition coefficient (Wildman–Crippen LogP) is 2.34. The van der Waals surface area contributed by atoms with Gasteiger partial charge in [0.05, 0.1) is 0 Å². The Morgan fingerprint density at radius 2 is 2.00 bits per heavy atom. The summed E-state index contributed by atoms with van der Waals surface area (Å²) in [5.41, 5.74) is 5.10. The summed E-state index contributed by atoms with van der Waals surface area (Å²) >= 11 is 3.42. The van der Waals surface area contributed by atoms with Gasteiger partial charge in [0.1, 0.15) is 28.7 Å². The number of fused-ring (bicyclic) bond motifs is 4. The Morgan fingerprint density at radius 3 is 2.69 bits per heavy atom. The molecule has 130 valence electrons. The number of carbonyl (C=O) groups excluding carboxylic acids is 1. The molecule has 0 aliphatic carbocycles. The van der Waals surface area contributed by atoms with E-state index in [1.165, 1.54) is 6.07 Å². The highest BCUT2D eigenvalue weighted by molar-refractivity contribution is 9.10. The van der Waals surface area contributed by atoms with E-state index in [0.29, 0.717) is 17.0 Å². The zero-order chi connectivity index (χ0) is 18.8. The highest BCUT2D eigenvalue weighted by Gasteiger charge is 2.58. The number of ether oxygens (including phenoxy) is 1. The average molecular weight is 414 g/mol. The number of nitrogens with one attached hydrogen (secondary N) is 1. The van der Waals surface area contributed by atoms with Crippen LogP contribution in [0.1, 0.15) is 22.5 Å². The monoisotopic (exact) mass is 413 g/mol. The number of nitriles is 1. The molecule has 1 aromatic heterocycles. The topological polar surface area (TPSA) is 118 Å². The van der Waals surface area contributed by atoms with Crippen molar-refractivity contribution in [1.82, 2.24) is 0 Å². The van der Waals surface area contributed by atoms with Crippen molar-refractivity contribution in [1.29, 1.82) is 5.26 Å². The smallest absolute Gasteiger partial charge is 0.344 e. The maximum Gasteiger partial charge on any atom is 0.344 e. The van der Waals surface area contributed by atoms with Crippen LogP contribution in [0.25, 0.3) is 0 Å². The van der Waals surface area contributed by atoms with E-state index in [1.807, 2.05) is 13.0 Å². The van der Waals surface area contributed by atoms with Crippen molar-refractivity contribution in [2.75, 3.05) is 5.32 Å². The zero-order valence-electron chi connectivity index (χ0n) is 13.8. The number of benzene rings is 1. The van der Waals surface area contributed by atoms with Crippen molar-refractivity contribution in [3.05, 3.63) is 67.0 Å². The Labute approximate surface area is 156 Å². The molecule has 0 radical (unpaired) electrons. The highest BCUT2D eigenvalue weighted by atomic mass is 79.9. The van der Waals surface area contributed by atoms with Gasteiger partial charge in [-0.25, -0.2) is 4.79 Å². The molecule has 0 bridgehead atoms. The van der Waals surface area contributed by atoms with Crippen LogP contribution in [0.3, 0.4) is 0 Å². The number of nitrogens with zero attached hydrogens (tertiary/aromatic N) is 1. The summed E-state index contributed by atoms with van der Waals surface area (Å²) in [5, 5.41) is 12.5. The maximum absolute atomic E-state index is 13.1. The summed E-state index contributed by atoms with van der Waals surface area (Å²) in [7, 11) is 0. The first-order chi connectivity index (χ1) is 12.3. The van der Waals surface area contributed by atoms with Gasteiger partial charge in [-0.2, -0.15) is 5.26 Å². The number of nitrogens with two attached hydrogens (primary N) is 1. The molecule has 1 atom stereocenters. The Kier molecular flexibility index (Phi) is 3.30. The number of hydrogen-bond acceptors (Lipinski definition) is 6. The first-order valence-electron chi connectivity index (χ1n) is 7.66. The fourth-order valence-corrected chi connectivity index (χ4v) is 3.89. The lowest BCUT2D eigenvalue weighted by Gasteiger charge is -2.32. The molecule has 1 spiro atoms. The van der Waals surface area contributed by atoms with Crippen LogP contribution in [0.2, 0.25) is 0 Å². The number of anilines is 1. The minimum Gasteiger partial charge on any atom is -0.440 e. The van der Waals surface area contributed by atoms with Gasteiger partial charge in [-0.15, -0.1) is 0 Å². The number of aryl methyl sites for hydroxylation is 2. The summed E-state index contributed by atoms with van der Waals surface area (Å²) in [6.07, 6.45) is 0. The van der Waals surface area contributed by atoms with Gasteiger partial charge in [-0.05, 0) is 25.5 Å². The molecule has 1 aromatic carbocycles. The number of amides is 1. The molecule has 3 heterocycles. The van der Waals surface area contributed by atoms with E-state index in [0.717, 1.165) is 10.0 Å². The number of hydrogen-bond donors (Lipinski definition) is 2. The standard InChI is InChI=1S/C18H12BrN3O4/c1-7-3-9-12(5-11(7)19)22-17(24)18(9)10(6-20)15(21)26-13-4-8(2)25-16(23)14(13)18/h3-5H,21H2,1-2H3,(H,22,24)/t18-/m0/s1. The Hall–Kier alpha value is -3.05. The fourth-order valence-electron chi connectivity index (χ4n) is 3.55. The first-order valence-corrected chi connectivity index (χ1v) is 8.45. The molecule has 7 nitrogen and oxygen atoms in total. The van der Waals surface area contributed by atoms with Crippen LogP contribution < -0.4 is 21.4 Å². The van der Waals surface area contributed by atoms with E-state index in [9.17, 15) is 14.9 Å². The van der Waals surface area contributed by atoms with Gasteiger partial charge >= 0.3 is 5.63 Å². The number of halogens is 1. The molecule has 1 amide bonds. The van der Waals surface area contributed by atoms with Crippen molar-refractivity contribution in [2.24, 2.45) is 5.73 Å². The molecule has 0 saturated carbocycles. The van der Waals surface area contributed by atoms with Gasteiger partial charge in [0.25, 0.3) is 0 Å². The Morgan fingerprint density at radius 1 is 1.27 bits per heavy atom. The normalized spacial score (nSPS) is 20.3. The van der Waals surface area contributed by atoms with E-state index >= 15 is 0 Å². The van der Waals surface area contributed by atoms with Crippen LogP contribution in [-0.2, 0) is 10.2 Å². The summed E-state index contributed by atoms with van der Waals surface area (Å²) in [6, 6.07) is 6.91. The third-order valence-corrected chi connectivity index (χ3v) is 5.51. The first kappa shape index (κ1) is 16.4. The van der Waals surface area contributed by atoms with E-state index in [2.05, 4.69) is 21.2 Å². The van der Waals surface area contributed by atoms with Gasteiger partial charge in [-0.1, -0.05) is 22.0 Å². The second-order valence-corrected chi connectivity index (χ2v) is 7.04. The summed E-state index contributed by atoms with van der Waals surface area (Å²) in [6.45, 7) is 3.43. The molecule has 3 N–H and O–H groups in total. The van der Waals surface area contributed by atoms with Crippen LogP contribution in [0.4, 0.5) is 5.69 Å². The zero-order valence-corrected chi connectivity index (χ0v) is 15.4. The predicted molar refractivity (Wildman–Crippen MR) is 95.5 cm³/mol. The summed E-state index contributed by atoms with van der Waals surface area (Å²) in [4.78, 5) is 25.9. The summed E-state index contributed by atoms with van der Waals surface area (Å²) in [5.74, 6) is -0.347. The molecule has 8 heteroatoms. The third-order valence-electron chi connectivity index (χ3n) is 4.66. The third kappa shape index (κ3) is 1.86. The molecular weight excluding hydrogens is 402 g/mol. The Bertz CT molecular complexity index is 1140. The number of carbonyl (C=O) groups is 1. The highest BCUT2D eigenvalue weighted by Crippen LogP contribution is 2.52. The second kappa shape index (κ2) is 5.22. The van der Waals surface area contributed by atoms with E-state index < -0.39 is 16.9 Å². The molecule has 0 saturated heterocycles. The molecule has 2 aliphatic heterocycles. The van der Waals surface area contributed by atoms with E-state index in [4.69, 9.17) is 14.9 Å². The lowest BCUT2D eigenvalue weighted by Crippen LogP contribution is -2.45. The molecule has 0 unspecified atom stereocenters. The van der Waals surface area contributed by atoms with Crippen LogP contribution in [-0.4, -0.2) is 5.91 Å². The molecule has 4 rings (SSSR count). The fraction of sp³-hybridized carbons (Fsp3) is 0.167. The second-order valence-electron chi connectivity index (χ2n) is 6.19. The number of rotatable bonds is 0. The molecular formula is C18H12BrN3O4. The minimum absolute atomic E-state index is 0.0492. The van der Waals surface area contributed by atoms with E-state index in [1.54, 1.807) is 19.1 Å². The quantitative estimate of drug-likeness (QED) is 0.683. The average Bonchev–Trinajstić information content (AvgIpc) is 2.80. The summed E-state index contributed by atoms with van der Waals surface area (Å²) < 4.78 is 11.5. The van der Waals surface area contributed by atoms with Crippen LogP contribution >= 0.6 is 15.9 Å². The van der Waals surface area contributed by atoms with Gasteiger partial charge < -0.3 is 20.2 Å². The minimum atomic E-state index is -1.71. The SMILES string of the molecule is Cc1cc2c(c(=O)o1)[C@@]1(C(=O)Nc3cc(Br)c(C)cc31)C(C#N)=C(N)O2. The van der Waals surface area contributed by atoms with Crippen LogP contribution in [0, 0.1) is 25.2 Å². The van der Waals surface area contributed by atoms with Crippen molar-refractivity contribution in [2.45, 2.75) is 19.3 Å². The van der Waals surface area contributed by atoms with E-state index in [-0.39, 0.29) is 22.8 Å². The van der Waals surface area contributed by atoms with Crippen molar-refractivity contribution >= 4 is 27.5 Å². The van der Waals surface area contributed by atoms with Crippen molar-refractivity contribution in [3.8, 4) is 11.8 Å². The lowest BCUT2D eigenvalue weighted by atomic mass is 9.69. The van der Waals surface area contributed by atoms with Crippen LogP contribution in [0.15, 0.2) is 43.3 Å². The molecule has 2 aromatic rings. The maximum atomic E-state index is 13.1. The lowest BCUT2D eigenvalue weighted by molar-refractivity contribution is -0.118. The Balaban J connectivity index is 2.22.